The quantitative estimate of drug-likeness (QED) is 0.172. The van der Waals surface area contributed by atoms with E-state index in [1.807, 2.05) is 60.7 Å². The Morgan fingerprint density at radius 2 is 0.732 bits per heavy atom. The lowest BCUT2D eigenvalue weighted by atomic mass is 10.00. The summed E-state index contributed by atoms with van der Waals surface area (Å²) in [4.78, 5) is 15.2. The van der Waals surface area contributed by atoms with Gasteiger partial charge in [0.05, 0.1) is 27.8 Å². The topological polar surface area (TPSA) is 48.5 Å². The molecule has 0 saturated heterocycles. The Morgan fingerprint density at radius 3 is 1.29 bits per heavy atom. The average Bonchev–Trinajstić information content (AvgIpc) is 3.80. The van der Waals surface area contributed by atoms with E-state index in [2.05, 4.69) is 149 Å². The van der Waals surface area contributed by atoms with Crippen molar-refractivity contribution in [2.45, 2.75) is 0 Å². The second-order valence-corrected chi connectivity index (χ2v) is 14.0. The molecule has 5 nitrogen and oxygen atoms in total. The fraction of sp³-hybridized carbons (Fsp3) is 0. The molecule has 11 aromatic rings. The molecule has 0 fully saturated rings. The zero-order chi connectivity index (χ0) is 37.0. The van der Waals surface area contributed by atoms with Gasteiger partial charge in [0.15, 0.2) is 17.5 Å². The number of aromatic nitrogens is 5. The first-order chi connectivity index (χ1) is 27.8. The minimum atomic E-state index is 0.621. The van der Waals surface area contributed by atoms with Gasteiger partial charge in [0.2, 0.25) is 0 Å². The summed E-state index contributed by atoms with van der Waals surface area (Å²) in [6, 6.07) is 70.4. The normalized spacial score (nSPS) is 11.6. The maximum atomic E-state index is 5.10. The Balaban J connectivity index is 1.23. The molecule has 8 aromatic carbocycles. The van der Waals surface area contributed by atoms with Crippen molar-refractivity contribution in [3.8, 4) is 56.7 Å². The highest BCUT2D eigenvalue weighted by molar-refractivity contribution is 6.24. The summed E-state index contributed by atoms with van der Waals surface area (Å²) >= 11 is 0. The standard InChI is InChI=1S/C51H33N5/c1-5-17-34(18-6-1)43-33-37(51-53-49(35-19-7-2-8-20-35)52-50(54-51)36-21-9-3-10-22-36)29-32-46(43)56-45-28-16-14-26-40(45)42-31-30-41-39-25-13-15-27-44(39)55(47(41)48(42)56)38-23-11-4-12-24-38/h1-33H. The molecule has 3 heterocycles. The van der Waals surface area contributed by atoms with Crippen molar-refractivity contribution in [1.29, 1.82) is 0 Å². The summed E-state index contributed by atoms with van der Waals surface area (Å²) in [5.74, 6) is 1.90. The summed E-state index contributed by atoms with van der Waals surface area (Å²) in [5.41, 5.74) is 11.8. The Morgan fingerprint density at radius 1 is 0.304 bits per heavy atom. The van der Waals surface area contributed by atoms with Gasteiger partial charge >= 0.3 is 0 Å². The van der Waals surface area contributed by atoms with Crippen LogP contribution in [-0.2, 0) is 0 Å². The fourth-order valence-electron chi connectivity index (χ4n) is 8.25. The third-order valence-electron chi connectivity index (χ3n) is 10.8. The van der Waals surface area contributed by atoms with E-state index < -0.39 is 0 Å². The van der Waals surface area contributed by atoms with Gasteiger partial charge in [0.25, 0.3) is 0 Å². The van der Waals surface area contributed by atoms with Crippen LogP contribution < -0.4 is 0 Å². The highest BCUT2D eigenvalue weighted by Gasteiger charge is 2.23. The lowest BCUT2D eigenvalue weighted by Crippen LogP contribution is -2.02. The third-order valence-corrected chi connectivity index (χ3v) is 10.8. The van der Waals surface area contributed by atoms with Gasteiger partial charge in [0, 0.05) is 49.5 Å². The molecule has 11 rings (SSSR count). The Labute approximate surface area is 323 Å². The molecule has 0 saturated carbocycles. The van der Waals surface area contributed by atoms with Crippen LogP contribution in [-0.4, -0.2) is 24.1 Å². The van der Waals surface area contributed by atoms with E-state index in [1.165, 1.54) is 32.6 Å². The van der Waals surface area contributed by atoms with Gasteiger partial charge in [-0.3, -0.25) is 0 Å². The molecule has 0 unspecified atom stereocenters. The van der Waals surface area contributed by atoms with E-state index in [9.17, 15) is 0 Å². The molecule has 0 spiro atoms. The maximum absolute atomic E-state index is 5.10. The molecule has 0 bridgehead atoms. The molecule has 0 radical (unpaired) electrons. The number of nitrogens with zero attached hydrogens (tertiary/aromatic N) is 5. The van der Waals surface area contributed by atoms with Gasteiger partial charge in [-0.2, -0.15) is 0 Å². The van der Waals surface area contributed by atoms with Crippen LogP contribution in [0.25, 0.3) is 100 Å². The third kappa shape index (κ3) is 5.13. The summed E-state index contributed by atoms with van der Waals surface area (Å²) < 4.78 is 4.90. The van der Waals surface area contributed by atoms with E-state index in [-0.39, 0.29) is 0 Å². The zero-order valence-electron chi connectivity index (χ0n) is 30.3. The highest BCUT2D eigenvalue weighted by Crippen LogP contribution is 2.43. The molecule has 0 aliphatic rings. The highest BCUT2D eigenvalue weighted by atomic mass is 15.1. The van der Waals surface area contributed by atoms with Crippen LogP contribution in [0.5, 0.6) is 0 Å². The first-order valence-corrected chi connectivity index (χ1v) is 18.9. The molecule has 0 aliphatic carbocycles. The Hall–Kier alpha value is -7.63. The summed E-state index contributed by atoms with van der Waals surface area (Å²) in [6.07, 6.45) is 0. The summed E-state index contributed by atoms with van der Waals surface area (Å²) in [6.45, 7) is 0. The van der Waals surface area contributed by atoms with Crippen LogP contribution in [0.15, 0.2) is 200 Å². The Kier molecular flexibility index (Phi) is 7.42. The second kappa shape index (κ2) is 13.0. The van der Waals surface area contributed by atoms with Crippen molar-refractivity contribution >= 4 is 43.6 Å². The van der Waals surface area contributed by atoms with Crippen LogP contribution in [0.3, 0.4) is 0 Å². The van der Waals surface area contributed by atoms with Crippen LogP contribution in [0, 0.1) is 0 Å². The lowest BCUT2D eigenvalue weighted by molar-refractivity contribution is 1.07. The van der Waals surface area contributed by atoms with Crippen LogP contribution in [0.1, 0.15) is 0 Å². The predicted octanol–water partition coefficient (Wildman–Crippen LogP) is 12.7. The van der Waals surface area contributed by atoms with Crippen molar-refractivity contribution in [3.05, 3.63) is 200 Å². The molecule has 262 valence electrons. The molecule has 5 heteroatoms. The fourth-order valence-corrected chi connectivity index (χ4v) is 8.25. The molecule has 0 amide bonds. The van der Waals surface area contributed by atoms with Crippen LogP contribution in [0.4, 0.5) is 0 Å². The van der Waals surface area contributed by atoms with Gasteiger partial charge in [-0.25, -0.2) is 15.0 Å². The van der Waals surface area contributed by atoms with E-state index in [1.54, 1.807) is 0 Å². The van der Waals surface area contributed by atoms with Gasteiger partial charge in [-0.1, -0.05) is 158 Å². The van der Waals surface area contributed by atoms with E-state index in [0.717, 1.165) is 50.2 Å². The molecule has 3 aromatic heterocycles. The van der Waals surface area contributed by atoms with Gasteiger partial charge in [0.1, 0.15) is 0 Å². The smallest absolute Gasteiger partial charge is 0.164 e. The molecule has 0 N–H and O–H groups in total. The molecule has 56 heavy (non-hydrogen) atoms. The Bertz CT molecular complexity index is 3160. The largest absolute Gasteiger partial charge is 0.307 e. The number of fused-ring (bicyclic) bond motifs is 7. The van der Waals surface area contributed by atoms with Crippen molar-refractivity contribution in [3.63, 3.8) is 0 Å². The van der Waals surface area contributed by atoms with Crippen LogP contribution in [0.2, 0.25) is 0 Å². The second-order valence-electron chi connectivity index (χ2n) is 14.0. The average molecular weight is 716 g/mol. The lowest BCUT2D eigenvalue weighted by Gasteiger charge is -2.17. The van der Waals surface area contributed by atoms with Crippen molar-refractivity contribution in [2.75, 3.05) is 0 Å². The summed E-state index contributed by atoms with van der Waals surface area (Å²) in [5, 5.41) is 4.84. The maximum Gasteiger partial charge on any atom is 0.164 e. The van der Waals surface area contributed by atoms with E-state index in [0.29, 0.717) is 17.5 Å². The number of hydrogen-bond acceptors (Lipinski definition) is 3. The molecular formula is C51H33N5. The first-order valence-electron chi connectivity index (χ1n) is 18.9. The SMILES string of the molecule is c1ccc(-c2nc(-c3ccccc3)nc(-c3ccc(-n4c5ccccc5c5ccc6c7ccccc7n(-c7ccccc7)c6c54)c(-c4ccccc4)c3)n2)cc1. The van der Waals surface area contributed by atoms with Crippen molar-refractivity contribution in [1.82, 2.24) is 24.1 Å². The van der Waals surface area contributed by atoms with Gasteiger partial charge in [-0.15, -0.1) is 0 Å². The summed E-state index contributed by atoms with van der Waals surface area (Å²) in [7, 11) is 0. The monoisotopic (exact) mass is 715 g/mol. The van der Waals surface area contributed by atoms with Gasteiger partial charge < -0.3 is 9.13 Å². The van der Waals surface area contributed by atoms with Gasteiger partial charge in [-0.05, 0) is 48.0 Å². The minimum absolute atomic E-state index is 0.621. The van der Waals surface area contributed by atoms with E-state index >= 15 is 0 Å². The number of benzene rings is 8. The predicted molar refractivity (Wildman–Crippen MR) is 230 cm³/mol. The van der Waals surface area contributed by atoms with E-state index in [4.69, 9.17) is 15.0 Å². The first kappa shape index (κ1) is 31.9. The zero-order valence-corrected chi connectivity index (χ0v) is 30.3. The van der Waals surface area contributed by atoms with Crippen molar-refractivity contribution in [2.24, 2.45) is 0 Å². The molecule has 0 aliphatic heterocycles. The number of hydrogen-bond donors (Lipinski definition) is 0. The van der Waals surface area contributed by atoms with Crippen molar-refractivity contribution < 1.29 is 0 Å². The number of rotatable bonds is 6. The van der Waals surface area contributed by atoms with Crippen LogP contribution >= 0.6 is 0 Å². The molecular weight excluding hydrogens is 683 g/mol. The number of para-hydroxylation sites is 3. The minimum Gasteiger partial charge on any atom is -0.307 e. The molecule has 0 atom stereocenters.